The number of hydrogen-bond donors (Lipinski definition) is 1. The van der Waals surface area contributed by atoms with Crippen LogP contribution >= 0.6 is 0 Å². The van der Waals surface area contributed by atoms with E-state index in [1.165, 1.54) is 12.1 Å². The van der Waals surface area contributed by atoms with E-state index < -0.39 is 9.84 Å². The van der Waals surface area contributed by atoms with Crippen LogP contribution in [0.1, 0.15) is 5.56 Å². The quantitative estimate of drug-likeness (QED) is 0.754. The van der Waals surface area contributed by atoms with Gasteiger partial charge < -0.3 is 0 Å². The van der Waals surface area contributed by atoms with Crippen molar-refractivity contribution in [3.8, 4) is 0 Å². The second-order valence-corrected chi connectivity index (χ2v) is 5.01. The highest BCUT2D eigenvalue weighted by Crippen LogP contribution is 2.21. The fourth-order valence-electron chi connectivity index (χ4n) is 1.03. The van der Waals surface area contributed by atoms with E-state index in [2.05, 4.69) is 0 Å². The third-order valence-corrected chi connectivity index (χ3v) is 2.93. The first-order valence-corrected chi connectivity index (χ1v) is 5.68. The van der Waals surface area contributed by atoms with E-state index in [0.717, 1.165) is 12.3 Å². The van der Waals surface area contributed by atoms with Gasteiger partial charge in [0.1, 0.15) is 0 Å². The summed E-state index contributed by atoms with van der Waals surface area (Å²) in [7, 11) is -3.35. The lowest BCUT2D eigenvalue weighted by atomic mass is 10.2. The molecule has 0 spiro atoms. The van der Waals surface area contributed by atoms with Crippen molar-refractivity contribution in [1.82, 2.24) is 0 Å². The van der Waals surface area contributed by atoms with Crippen molar-refractivity contribution in [3.05, 3.63) is 28.7 Å². The number of benzene rings is 1. The summed E-state index contributed by atoms with van der Waals surface area (Å²) in [6, 6.07) is 3.99. The molecule has 1 aromatic rings. The van der Waals surface area contributed by atoms with Gasteiger partial charge in [-0.15, -0.1) is 0 Å². The van der Waals surface area contributed by atoms with Gasteiger partial charge in [-0.2, -0.15) is 0 Å². The summed E-state index contributed by atoms with van der Waals surface area (Å²) in [4.78, 5) is 10.3. The largest absolute Gasteiger partial charge is 0.320 e. The summed E-state index contributed by atoms with van der Waals surface area (Å²) in [6.45, 7) is 1.60. The fraction of sp³-hybridized carbons (Fsp3) is 0.250. The van der Waals surface area contributed by atoms with Crippen molar-refractivity contribution < 1.29 is 18.5 Å². The molecule has 0 amide bonds. The standard InChI is InChI=1S/C8H10NO4S/c1-6-3-4-7(14(2,12)13)5-8(6)9(10)11/h3-5H,1-2H3,(H,10,11)/q+1. The Kier molecular flexibility index (Phi) is 2.57. The summed E-state index contributed by atoms with van der Waals surface area (Å²) in [5.41, 5.74) is 0.447. The van der Waals surface area contributed by atoms with Crippen molar-refractivity contribution in [3.63, 3.8) is 0 Å². The number of rotatable bonds is 2. The molecule has 1 N–H and O–H groups in total. The fourth-order valence-corrected chi connectivity index (χ4v) is 1.67. The molecule has 0 radical (unpaired) electrons. The van der Waals surface area contributed by atoms with Crippen LogP contribution < -0.4 is 0 Å². The third-order valence-electron chi connectivity index (χ3n) is 1.81. The van der Waals surface area contributed by atoms with Crippen molar-refractivity contribution in [1.29, 1.82) is 0 Å². The van der Waals surface area contributed by atoms with Crippen LogP contribution in [0.2, 0.25) is 0 Å². The Morgan fingerprint density at radius 3 is 2.36 bits per heavy atom. The minimum atomic E-state index is -3.35. The van der Waals surface area contributed by atoms with Crippen LogP contribution in [-0.4, -0.2) is 24.8 Å². The summed E-state index contributed by atoms with van der Waals surface area (Å²) in [5.74, 6) is 0. The van der Waals surface area contributed by atoms with Gasteiger partial charge in [-0.3, -0.25) is 0 Å². The molecule has 0 aromatic heterocycles. The molecule has 0 aliphatic carbocycles. The predicted molar refractivity (Wildman–Crippen MR) is 49.4 cm³/mol. The van der Waals surface area contributed by atoms with Gasteiger partial charge in [0.25, 0.3) is 4.92 Å². The van der Waals surface area contributed by atoms with Gasteiger partial charge in [-0.25, -0.2) is 13.6 Å². The minimum absolute atomic E-state index is 0.00741. The number of nitrogens with zero attached hydrogens (tertiary/aromatic N) is 1. The maximum Gasteiger partial charge on any atom is 0.320 e. The van der Waals surface area contributed by atoms with Gasteiger partial charge in [0.05, 0.1) is 9.80 Å². The highest BCUT2D eigenvalue weighted by molar-refractivity contribution is 7.90. The lowest BCUT2D eigenvalue weighted by molar-refractivity contribution is -0.730. The summed E-state index contributed by atoms with van der Waals surface area (Å²) < 4.78 is 22.2. The molecule has 0 bridgehead atoms. The third kappa shape index (κ3) is 2.08. The van der Waals surface area contributed by atoms with Gasteiger partial charge in [-0.1, -0.05) is 6.07 Å². The normalized spacial score (nSPS) is 11.3. The van der Waals surface area contributed by atoms with Gasteiger partial charge in [-0.05, 0) is 13.0 Å². The van der Waals surface area contributed by atoms with Gasteiger partial charge in [0.2, 0.25) is 0 Å². The second kappa shape index (κ2) is 3.38. The van der Waals surface area contributed by atoms with Crippen LogP contribution in [0.4, 0.5) is 5.69 Å². The molecule has 76 valence electrons. The first-order valence-electron chi connectivity index (χ1n) is 3.79. The average molecular weight is 216 g/mol. The lowest BCUT2D eigenvalue weighted by Gasteiger charge is -1.97. The maximum absolute atomic E-state index is 11.1. The molecule has 0 aliphatic rings. The van der Waals surface area contributed by atoms with Crippen molar-refractivity contribution >= 4 is 15.5 Å². The zero-order valence-electron chi connectivity index (χ0n) is 7.76. The Morgan fingerprint density at radius 2 is 1.93 bits per heavy atom. The molecular formula is C8H10NO4S+. The molecular weight excluding hydrogens is 206 g/mol. The summed E-state index contributed by atoms with van der Waals surface area (Å²) in [6.07, 6.45) is 1.04. The van der Waals surface area contributed by atoms with E-state index >= 15 is 0 Å². The second-order valence-electron chi connectivity index (χ2n) is 2.99. The smallest absolute Gasteiger partial charge is 0.241 e. The van der Waals surface area contributed by atoms with E-state index in [1.807, 2.05) is 0 Å². The van der Waals surface area contributed by atoms with Crippen LogP contribution in [0.3, 0.4) is 0 Å². The Labute approximate surface area is 81.4 Å². The Hall–Kier alpha value is -1.43. The maximum atomic E-state index is 11.1. The van der Waals surface area contributed by atoms with Crippen LogP contribution in [0.25, 0.3) is 0 Å². The Bertz CT molecular complexity index is 478. The van der Waals surface area contributed by atoms with Crippen molar-refractivity contribution in [2.24, 2.45) is 0 Å². The molecule has 0 atom stereocenters. The minimum Gasteiger partial charge on any atom is -0.241 e. The molecule has 1 aromatic carbocycles. The van der Waals surface area contributed by atoms with E-state index in [4.69, 9.17) is 5.21 Å². The summed E-state index contributed by atoms with van der Waals surface area (Å²) >= 11 is 0. The molecule has 0 saturated carbocycles. The first kappa shape index (κ1) is 10.6. The van der Waals surface area contributed by atoms with E-state index in [-0.39, 0.29) is 15.5 Å². The SMILES string of the molecule is Cc1ccc(S(C)(=O)=O)cc1[N+](=O)O. The van der Waals surface area contributed by atoms with Gasteiger partial charge >= 0.3 is 5.69 Å². The molecule has 0 aliphatic heterocycles. The van der Waals surface area contributed by atoms with Gasteiger partial charge in [0, 0.05) is 17.9 Å². The lowest BCUT2D eigenvalue weighted by Crippen LogP contribution is -2.00. The molecule has 6 heteroatoms. The van der Waals surface area contributed by atoms with Crippen LogP contribution in [0.5, 0.6) is 0 Å². The molecule has 0 fully saturated rings. The number of aryl methyl sites for hydroxylation is 1. The highest BCUT2D eigenvalue weighted by Gasteiger charge is 2.19. The number of sulfone groups is 1. The molecule has 0 unspecified atom stereocenters. The first-order chi connectivity index (χ1) is 6.32. The topological polar surface area (TPSA) is 74.5 Å². The zero-order valence-corrected chi connectivity index (χ0v) is 8.58. The van der Waals surface area contributed by atoms with Gasteiger partial charge in [0.15, 0.2) is 9.84 Å². The van der Waals surface area contributed by atoms with E-state index in [9.17, 15) is 13.3 Å². The molecule has 1 rings (SSSR count). The summed E-state index contributed by atoms with van der Waals surface area (Å²) in [5, 5.41) is 8.68. The monoisotopic (exact) mass is 216 g/mol. The zero-order chi connectivity index (χ0) is 10.9. The van der Waals surface area contributed by atoms with Crippen LogP contribution in [0, 0.1) is 11.8 Å². The van der Waals surface area contributed by atoms with Crippen molar-refractivity contribution in [2.75, 3.05) is 6.26 Å². The predicted octanol–water partition coefficient (Wildman–Crippen LogP) is 1.20. The van der Waals surface area contributed by atoms with Crippen LogP contribution in [0.15, 0.2) is 23.1 Å². The molecule has 5 nitrogen and oxygen atoms in total. The Morgan fingerprint density at radius 1 is 1.36 bits per heavy atom. The number of hydrogen-bond acceptors (Lipinski definition) is 3. The Balaban J connectivity index is 3.42. The molecule has 0 heterocycles. The average Bonchev–Trinajstić information content (AvgIpc) is 2.02. The van der Waals surface area contributed by atoms with E-state index in [0.29, 0.717) is 5.56 Å². The molecule has 0 saturated heterocycles. The van der Waals surface area contributed by atoms with Crippen LogP contribution in [-0.2, 0) is 9.84 Å². The molecule has 14 heavy (non-hydrogen) atoms. The van der Waals surface area contributed by atoms with Crippen molar-refractivity contribution in [2.45, 2.75) is 11.8 Å². The highest BCUT2D eigenvalue weighted by atomic mass is 32.2. The van der Waals surface area contributed by atoms with E-state index in [1.54, 1.807) is 6.92 Å².